The molecule has 9 heteroatoms. The van der Waals surface area contributed by atoms with E-state index in [0.29, 0.717) is 16.3 Å². The van der Waals surface area contributed by atoms with Crippen LogP contribution in [0.3, 0.4) is 0 Å². The molecule has 0 fully saturated rings. The Kier molecular flexibility index (Phi) is 8.28. The van der Waals surface area contributed by atoms with E-state index in [0.717, 1.165) is 4.47 Å². The zero-order valence-corrected chi connectivity index (χ0v) is 17.3. The van der Waals surface area contributed by atoms with Crippen LogP contribution in [0, 0.1) is 0 Å². The molecule has 0 saturated heterocycles. The third-order valence-corrected chi connectivity index (χ3v) is 4.38. The zero-order valence-electron chi connectivity index (χ0n) is 15.0. The van der Waals surface area contributed by atoms with Crippen LogP contribution in [0.25, 0.3) is 0 Å². The highest BCUT2D eigenvalue weighted by Gasteiger charge is 2.16. The van der Waals surface area contributed by atoms with Crippen LogP contribution in [0.1, 0.15) is 23.7 Å². The molecule has 2 rings (SSSR count). The summed E-state index contributed by atoms with van der Waals surface area (Å²) in [7, 11) is 0. The molecule has 0 unspecified atom stereocenters. The molecule has 0 heterocycles. The van der Waals surface area contributed by atoms with Gasteiger partial charge in [0.2, 0.25) is 5.91 Å². The lowest BCUT2D eigenvalue weighted by atomic mass is 10.2. The Morgan fingerprint density at radius 2 is 1.86 bits per heavy atom. The van der Waals surface area contributed by atoms with Gasteiger partial charge in [0.15, 0.2) is 6.10 Å². The number of nitrogens with one attached hydrogen (secondary N) is 3. The van der Waals surface area contributed by atoms with Crippen molar-refractivity contribution in [3.63, 3.8) is 0 Å². The number of halogens is 2. The number of hydrazine groups is 1. The van der Waals surface area contributed by atoms with E-state index in [1.54, 1.807) is 49.4 Å². The summed E-state index contributed by atoms with van der Waals surface area (Å²) >= 11 is 9.26. The van der Waals surface area contributed by atoms with Crippen molar-refractivity contribution in [2.45, 2.75) is 19.4 Å². The minimum atomic E-state index is -0.811. The first kappa shape index (κ1) is 21.7. The first-order valence-corrected chi connectivity index (χ1v) is 9.57. The van der Waals surface area contributed by atoms with E-state index in [9.17, 15) is 14.4 Å². The van der Waals surface area contributed by atoms with Gasteiger partial charge in [-0.3, -0.25) is 25.2 Å². The fraction of sp³-hybridized carbons (Fsp3) is 0.211. The molecule has 0 spiro atoms. The molecule has 0 saturated carbocycles. The average Bonchev–Trinajstić information content (AvgIpc) is 2.66. The third-order valence-electron chi connectivity index (χ3n) is 3.56. The summed E-state index contributed by atoms with van der Waals surface area (Å²) in [6, 6.07) is 13.7. The maximum Gasteiger partial charge on any atom is 0.279 e. The summed E-state index contributed by atoms with van der Waals surface area (Å²) in [6.45, 7) is 1.65. The second kappa shape index (κ2) is 10.7. The van der Waals surface area contributed by atoms with Gasteiger partial charge in [0.25, 0.3) is 11.8 Å². The molecule has 0 radical (unpaired) electrons. The molecule has 3 amide bonds. The van der Waals surface area contributed by atoms with Crippen LogP contribution in [-0.4, -0.2) is 30.4 Å². The van der Waals surface area contributed by atoms with Crippen molar-refractivity contribution in [1.82, 2.24) is 16.2 Å². The Balaban J connectivity index is 1.69. The SMILES string of the molecule is C[C@H](Oc1cccc(Br)c1)C(=O)NNC(=O)CCNC(=O)c1ccccc1Cl. The van der Waals surface area contributed by atoms with Crippen LogP contribution in [0.15, 0.2) is 53.0 Å². The molecule has 7 nitrogen and oxygen atoms in total. The molecule has 1 atom stereocenters. The zero-order chi connectivity index (χ0) is 20.5. The van der Waals surface area contributed by atoms with Crippen molar-refractivity contribution in [3.05, 3.63) is 63.6 Å². The molecular weight excluding hydrogens is 450 g/mol. The average molecular weight is 469 g/mol. The van der Waals surface area contributed by atoms with E-state index >= 15 is 0 Å². The van der Waals surface area contributed by atoms with Crippen LogP contribution < -0.4 is 20.9 Å². The van der Waals surface area contributed by atoms with Crippen molar-refractivity contribution in [2.24, 2.45) is 0 Å². The van der Waals surface area contributed by atoms with Crippen molar-refractivity contribution < 1.29 is 19.1 Å². The predicted octanol–water partition coefficient (Wildman–Crippen LogP) is 2.84. The lowest BCUT2D eigenvalue weighted by molar-refractivity contribution is -0.132. The molecule has 3 N–H and O–H groups in total. The van der Waals surface area contributed by atoms with Crippen molar-refractivity contribution in [3.8, 4) is 5.75 Å². The fourth-order valence-electron chi connectivity index (χ4n) is 2.12. The molecule has 0 aromatic heterocycles. The Morgan fingerprint density at radius 1 is 1.11 bits per heavy atom. The molecule has 148 valence electrons. The van der Waals surface area contributed by atoms with E-state index in [1.807, 2.05) is 6.07 Å². The van der Waals surface area contributed by atoms with Gasteiger partial charge in [0.1, 0.15) is 5.75 Å². The van der Waals surface area contributed by atoms with Crippen molar-refractivity contribution in [2.75, 3.05) is 6.54 Å². The van der Waals surface area contributed by atoms with E-state index in [2.05, 4.69) is 32.1 Å². The van der Waals surface area contributed by atoms with E-state index < -0.39 is 17.9 Å². The van der Waals surface area contributed by atoms with Gasteiger partial charge in [-0.25, -0.2) is 0 Å². The van der Waals surface area contributed by atoms with Crippen molar-refractivity contribution >= 4 is 45.3 Å². The summed E-state index contributed by atoms with van der Waals surface area (Å²) in [4.78, 5) is 35.8. The van der Waals surface area contributed by atoms with Gasteiger partial charge in [-0.1, -0.05) is 45.7 Å². The Bertz CT molecular complexity index is 863. The maximum absolute atomic E-state index is 12.0. The predicted molar refractivity (Wildman–Crippen MR) is 109 cm³/mol. The normalized spacial score (nSPS) is 11.2. The van der Waals surface area contributed by atoms with E-state index in [-0.39, 0.29) is 18.9 Å². The number of amides is 3. The quantitative estimate of drug-likeness (QED) is 0.545. The molecule has 2 aromatic rings. The van der Waals surface area contributed by atoms with Gasteiger partial charge < -0.3 is 10.1 Å². The number of carbonyl (C=O) groups excluding carboxylic acids is 3. The van der Waals surface area contributed by atoms with Gasteiger partial charge in [0.05, 0.1) is 10.6 Å². The Morgan fingerprint density at radius 3 is 2.57 bits per heavy atom. The summed E-state index contributed by atoms with van der Waals surface area (Å²) in [5.41, 5.74) is 4.90. The van der Waals surface area contributed by atoms with Crippen LogP contribution in [0.4, 0.5) is 0 Å². The lowest BCUT2D eigenvalue weighted by Gasteiger charge is -2.15. The largest absolute Gasteiger partial charge is 0.481 e. The molecular formula is C19H19BrClN3O4. The monoisotopic (exact) mass is 467 g/mol. The van der Waals surface area contributed by atoms with E-state index in [1.165, 1.54) is 0 Å². The smallest absolute Gasteiger partial charge is 0.279 e. The lowest BCUT2D eigenvalue weighted by Crippen LogP contribution is -2.47. The highest BCUT2D eigenvalue weighted by molar-refractivity contribution is 9.10. The van der Waals surface area contributed by atoms with Crippen LogP contribution in [0.5, 0.6) is 5.75 Å². The first-order chi connectivity index (χ1) is 13.4. The number of hydrogen-bond donors (Lipinski definition) is 3. The molecule has 28 heavy (non-hydrogen) atoms. The summed E-state index contributed by atoms with van der Waals surface area (Å²) in [6.07, 6.45) is -0.827. The minimum absolute atomic E-state index is 0.0165. The Labute approximate surface area is 175 Å². The second-order valence-electron chi connectivity index (χ2n) is 5.74. The first-order valence-electron chi connectivity index (χ1n) is 8.40. The number of rotatable bonds is 7. The molecule has 2 aromatic carbocycles. The number of ether oxygens (including phenoxy) is 1. The molecule has 0 bridgehead atoms. The number of carbonyl (C=O) groups is 3. The topological polar surface area (TPSA) is 96.5 Å². The fourth-order valence-corrected chi connectivity index (χ4v) is 2.72. The molecule has 0 aliphatic rings. The summed E-state index contributed by atoms with van der Waals surface area (Å²) < 4.78 is 6.32. The van der Waals surface area contributed by atoms with Gasteiger partial charge >= 0.3 is 0 Å². The highest BCUT2D eigenvalue weighted by atomic mass is 79.9. The second-order valence-corrected chi connectivity index (χ2v) is 7.06. The van der Waals surface area contributed by atoms with Gasteiger partial charge in [-0.2, -0.15) is 0 Å². The molecule has 0 aliphatic heterocycles. The summed E-state index contributed by atoms with van der Waals surface area (Å²) in [5.74, 6) is -0.819. The maximum atomic E-state index is 12.0. The van der Waals surface area contributed by atoms with Crippen LogP contribution in [-0.2, 0) is 9.59 Å². The van der Waals surface area contributed by atoms with Gasteiger partial charge in [0, 0.05) is 17.4 Å². The third kappa shape index (κ3) is 6.86. The Hall–Kier alpha value is -2.58. The van der Waals surface area contributed by atoms with E-state index in [4.69, 9.17) is 16.3 Å². The molecule has 0 aliphatic carbocycles. The standard InChI is InChI=1S/C19H19BrClN3O4/c1-12(28-14-6-4-5-13(20)11-14)18(26)24-23-17(25)9-10-22-19(27)15-7-2-3-8-16(15)21/h2-8,11-12H,9-10H2,1H3,(H,22,27)(H,23,25)(H,24,26)/t12-/m0/s1. The summed E-state index contributed by atoms with van der Waals surface area (Å²) in [5, 5.41) is 2.92. The van der Waals surface area contributed by atoms with Gasteiger partial charge in [-0.15, -0.1) is 0 Å². The van der Waals surface area contributed by atoms with Crippen LogP contribution in [0.2, 0.25) is 5.02 Å². The number of benzene rings is 2. The van der Waals surface area contributed by atoms with Gasteiger partial charge in [-0.05, 0) is 37.3 Å². The van der Waals surface area contributed by atoms with Crippen LogP contribution >= 0.6 is 27.5 Å². The van der Waals surface area contributed by atoms with Crippen molar-refractivity contribution in [1.29, 1.82) is 0 Å². The highest BCUT2D eigenvalue weighted by Crippen LogP contribution is 2.18. The minimum Gasteiger partial charge on any atom is -0.481 e. The number of hydrogen-bond acceptors (Lipinski definition) is 4.